The fourth-order valence-electron chi connectivity index (χ4n) is 1.62. The third-order valence-corrected chi connectivity index (χ3v) is 6.22. The fraction of sp³-hybridized carbons (Fsp3) is 0.500. The molecule has 0 bridgehead atoms. The maximum Gasteiger partial charge on any atom is 0.212 e. The van der Waals surface area contributed by atoms with Crippen LogP contribution in [0.25, 0.3) is 0 Å². The van der Waals surface area contributed by atoms with E-state index in [1.807, 2.05) is 18.2 Å². The molecule has 1 aromatic rings. The lowest BCUT2D eigenvalue weighted by molar-refractivity contribution is 0.571. The van der Waals surface area contributed by atoms with Gasteiger partial charge >= 0.3 is 0 Å². The summed E-state index contributed by atoms with van der Waals surface area (Å²) in [6.45, 7) is 1.71. The van der Waals surface area contributed by atoms with Gasteiger partial charge in [0.1, 0.15) is 0 Å². The molecule has 5 nitrogen and oxygen atoms in total. The molecule has 8 heteroatoms. The van der Waals surface area contributed by atoms with Crippen LogP contribution in [0.15, 0.2) is 29.2 Å². The Kier molecular flexibility index (Phi) is 7.01. The van der Waals surface area contributed by atoms with E-state index in [0.29, 0.717) is 17.2 Å². The third kappa shape index (κ3) is 6.74. The zero-order chi connectivity index (χ0) is 15.2. The summed E-state index contributed by atoms with van der Waals surface area (Å²) in [5, 5.41) is 0. The Morgan fingerprint density at radius 3 is 2.65 bits per heavy atom. The highest BCUT2D eigenvalue weighted by Crippen LogP contribution is 2.24. The summed E-state index contributed by atoms with van der Waals surface area (Å²) < 4.78 is 37.2. The second kappa shape index (κ2) is 8.02. The van der Waals surface area contributed by atoms with E-state index in [4.69, 9.17) is 5.73 Å². The lowest BCUT2D eigenvalue weighted by atomic mass is 10.3. The zero-order valence-electron chi connectivity index (χ0n) is 11.5. The summed E-state index contributed by atoms with van der Waals surface area (Å²) in [7, 11) is -4.37. The van der Waals surface area contributed by atoms with Crippen LogP contribution in [-0.4, -0.2) is 42.2 Å². The molecule has 0 saturated heterocycles. The molecule has 0 aromatic heterocycles. The average molecular weight is 337 g/mol. The van der Waals surface area contributed by atoms with Gasteiger partial charge in [-0.15, -0.1) is 11.8 Å². The van der Waals surface area contributed by atoms with Crippen molar-refractivity contribution < 1.29 is 12.6 Å². The van der Waals surface area contributed by atoms with Gasteiger partial charge in [0.05, 0.1) is 5.75 Å². The molecule has 3 N–H and O–H groups in total. The maximum absolute atomic E-state index is 11.8. The van der Waals surface area contributed by atoms with Gasteiger partial charge in [-0.25, -0.2) is 13.1 Å². The van der Waals surface area contributed by atoms with Crippen molar-refractivity contribution in [3.63, 3.8) is 0 Å². The second-order valence-electron chi connectivity index (χ2n) is 4.46. The summed E-state index contributed by atoms with van der Waals surface area (Å²) in [6, 6.07) is 7.03. The third-order valence-electron chi connectivity index (χ3n) is 2.39. The van der Waals surface area contributed by atoms with E-state index in [9.17, 15) is 12.6 Å². The largest absolute Gasteiger partial charge is 0.398 e. The molecule has 0 radical (unpaired) electrons. The summed E-state index contributed by atoms with van der Waals surface area (Å²) in [5.41, 5.74) is 6.44. The first-order valence-corrected chi connectivity index (χ1v) is 10.4. The highest BCUT2D eigenvalue weighted by molar-refractivity contribution is 8.00. The summed E-state index contributed by atoms with van der Waals surface area (Å²) >= 11 is 1.41. The molecule has 0 heterocycles. The molecular formula is C12H20N2O3S3. The Morgan fingerprint density at radius 1 is 1.40 bits per heavy atom. The highest BCUT2D eigenvalue weighted by Gasteiger charge is 2.15. The van der Waals surface area contributed by atoms with Gasteiger partial charge in [-0.05, 0) is 19.1 Å². The number of anilines is 1. The van der Waals surface area contributed by atoms with E-state index in [0.717, 1.165) is 4.90 Å². The van der Waals surface area contributed by atoms with Crippen LogP contribution in [0.4, 0.5) is 5.69 Å². The lowest BCUT2D eigenvalue weighted by Gasteiger charge is -2.13. The number of hydrogen-bond acceptors (Lipinski definition) is 5. The van der Waals surface area contributed by atoms with Gasteiger partial charge in [0, 0.05) is 45.2 Å². The Labute approximate surface area is 127 Å². The number of sulfonamides is 1. The van der Waals surface area contributed by atoms with E-state index in [2.05, 4.69) is 4.72 Å². The molecular weight excluding hydrogens is 316 g/mol. The van der Waals surface area contributed by atoms with Crippen LogP contribution in [-0.2, 0) is 20.8 Å². The lowest BCUT2D eigenvalue weighted by Crippen LogP contribution is -2.38. The molecule has 0 spiro atoms. The molecule has 1 aromatic carbocycles. The van der Waals surface area contributed by atoms with Crippen molar-refractivity contribution in [1.82, 2.24) is 4.72 Å². The van der Waals surface area contributed by atoms with Crippen LogP contribution >= 0.6 is 11.8 Å². The van der Waals surface area contributed by atoms with Crippen molar-refractivity contribution in [3.05, 3.63) is 24.3 Å². The van der Waals surface area contributed by atoms with Crippen LogP contribution in [0.5, 0.6) is 0 Å². The Hall–Kier alpha value is -0.570. The number of para-hydroxylation sites is 1. The predicted molar refractivity (Wildman–Crippen MR) is 86.9 cm³/mol. The minimum absolute atomic E-state index is 0.00664. The van der Waals surface area contributed by atoms with Crippen LogP contribution in [0.2, 0.25) is 0 Å². The quantitative estimate of drug-likeness (QED) is 0.547. The Morgan fingerprint density at radius 2 is 2.05 bits per heavy atom. The number of thioether (sulfide) groups is 1. The van der Waals surface area contributed by atoms with E-state index in [1.165, 1.54) is 11.8 Å². The molecule has 114 valence electrons. The van der Waals surface area contributed by atoms with Crippen molar-refractivity contribution in [2.45, 2.75) is 17.9 Å². The van der Waals surface area contributed by atoms with Crippen LogP contribution in [0.1, 0.15) is 6.92 Å². The number of nitrogens with one attached hydrogen (secondary N) is 1. The van der Waals surface area contributed by atoms with Crippen molar-refractivity contribution in [2.75, 3.05) is 29.2 Å². The van der Waals surface area contributed by atoms with Gasteiger partial charge in [0.15, 0.2) is 0 Å². The van der Waals surface area contributed by atoms with Crippen molar-refractivity contribution >= 4 is 38.3 Å². The molecule has 1 rings (SSSR count). The molecule has 0 amide bonds. The first-order valence-electron chi connectivity index (χ1n) is 6.07. The monoisotopic (exact) mass is 336 g/mol. The Balaban J connectivity index is 2.44. The molecule has 2 unspecified atom stereocenters. The SMILES string of the molecule is CC(CS(C)=O)NS(=O)(=O)CCSc1ccccc1N. The van der Waals surface area contributed by atoms with Gasteiger partial charge in [0.25, 0.3) is 0 Å². The van der Waals surface area contributed by atoms with Crippen molar-refractivity contribution in [1.29, 1.82) is 0 Å². The number of rotatable bonds is 8. The minimum atomic E-state index is -3.36. The van der Waals surface area contributed by atoms with Crippen LogP contribution < -0.4 is 10.5 Å². The molecule has 0 aliphatic heterocycles. The van der Waals surface area contributed by atoms with Crippen LogP contribution in [0, 0.1) is 0 Å². The predicted octanol–water partition coefficient (Wildman–Crippen LogP) is 1.05. The van der Waals surface area contributed by atoms with Crippen LogP contribution in [0.3, 0.4) is 0 Å². The smallest absolute Gasteiger partial charge is 0.212 e. The first kappa shape index (κ1) is 17.5. The minimum Gasteiger partial charge on any atom is -0.398 e. The van der Waals surface area contributed by atoms with Gasteiger partial charge in [-0.3, -0.25) is 4.21 Å². The van der Waals surface area contributed by atoms with Crippen molar-refractivity contribution in [3.8, 4) is 0 Å². The van der Waals surface area contributed by atoms with Gasteiger partial charge in [-0.1, -0.05) is 12.1 Å². The Bertz CT molecular complexity index is 561. The van der Waals surface area contributed by atoms with E-state index in [-0.39, 0.29) is 11.8 Å². The van der Waals surface area contributed by atoms with E-state index in [1.54, 1.807) is 19.2 Å². The second-order valence-corrected chi connectivity index (χ2v) is 8.95. The standard InChI is InChI=1S/C12H20N2O3S3/c1-10(9-19(2)15)14-20(16,17)8-7-18-12-6-4-3-5-11(12)13/h3-6,10,14H,7-9,13H2,1-2H3. The molecule has 2 atom stereocenters. The van der Waals surface area contributed by atoms with Gasteiger partial charge < -0.3 is 5.73 Å². The number of hydrogen-bond donors (Lipinski definition) is 2. The number of nitrogen functional groups attached to an aromatic ring is 1. The topological polar surface area (TPSA) is 89.3 Å². The zero-order valence-corrected chi connectivity index (χ0v) is 14.0. The van der Waals surface area contributed by atoms with E-state index < -0.39 is 20.8 Å². The summed E-state index contributed by atoms with van der Waals surface area (Å²) in [6.07, 6.45) is 1.55. The number of nitrogens with two attached hydrogens (primary N) is 1. The molecule has 0 saturated carbocycles. The van der Waals surface area contributed by atoms with E-state index >= 15 is 0 Å². The maximum atomic E-state index is 11.8. The fourth-order valence-corrected chi connectivity index (χ4v) is 5.17. The molecule has 0 aliphatic carbocycles. The highest BCUT2D eigenvalue weighted by atomic mass is 32.2. The summed E-state index contributed by atoms with van der Waals surface area (Å²) in [4.78, 5) is 0.880. The normalized spacial score (nSPS) is 14.9. The first-order chi connectivity index (χ1) is 9.30. The van der Waals surface area contributed by atoms with Gasteiger partial charge in [-0.2, -0.15) is 0 Å². The number of benzene rings is 1. The average Bonchev–Trinajstić information content (AvgIpc) is 2.29. The molecule has 0 fully saturated rings. The summed E-state index contributed by atoms with van der Waals surface area (Å²) in [5.74, 6) is 0.746. The molecule has 20 heavy (non-hydrogen) atoms. The molecule has 0 aliphatic rings. The van der Waals surface area contributed by atoms with Crippen molar-refractivity contribution in [2.24, 2.45) is 0 Å². The van der Waals surface area contributed by atoms with Gasteiger partial charge in [0.2, 0.25) is 10.0 Å².